The number of aromatic carboxylic acids is 1. The second-order valence-corrected chi connectivity index (χ2v) is 3.03. The molecule has 0 aliphatic heterocycles. The number of hydrogen-bond acceptors (Lipinski definition) is 3. The van der Waals surface area contributed by atoms with Gasteiger partial charge < -0.3 is 10.8 Å². The van der Waals surface area contributed by atoms with E-state index in [1.165, 1.54) is 12.2 Å². The van der Waals surface area contributed by atoms with E-state index in [1.807, 2.05) is 6.07 Å². The predicted octanol–water partition coefficient (Wildman–Crippen LogP) is 2.03. The van der Waals surface area contributed by atoms with Gasteiger partial charge in [0.2, 0.25) is 0 Å². The Bertz CT molecular complexity index is 489. The molecule has 0 aliphatic rings. The van der Waals surface area contributed by atoms with Crippen molar-refractivity contribution in [3.63, 3.8) is 0 Å². The molecule has 0 atom stereocenters. The van der Waals surface area contributed by atoms with Crippen molar-refractivity contribution in [1.29, 1.82) is 5.26 Å². The highest BCUT2D eigenvalue weighted by Crippen LogP contribution is 2.21. The van der Waals surface area contributed by atoms with E-state index in [4.69, 9.17) is 16.1 Å². The van der Waals surface area contributed by atoms with Crippen LogP contribution >= 0.6 is 0 Å². The third-order valence-corrected chi connectivity index (χ3v) is 1.91. The van der Waals surface area contributed by atoms with Gasteiger partial charge in [-0.3, -0.25) is 0 Å². The summed E-state index contributed by atoms with van der Waals surface area (Å²) in [5.74, 6) is -1.96. The molecule has 0 fully saturated rings. The van der Waals surface area contributed by atoms with E-state index < -0.39 is 11.8 Å². The van der Waals surface area contributed by atoms with Gasteiger partial charge in [0, 0.05) is 5.56 Å². The zero-order valence-corrected chi connectivity index (χ0v) is 8.27. The van der Waals surface area contributed by atoms with Crippen molar-refractivity contribution in [3.05, 3.63) is 35.2 Å². The number of allylic oxidation sites excluding steroid dienone is 1. The number of nitriles is 1. The molecule has 0 radical (unpaired) electrons. The molecule has 0 heterocycles. The van der Waals surface area contributed by atoms with Gasteiger partial charge in [0.05, 0.1) is 23.7 Å². The monoisotopic (exact) mass is 220 g/mol. The Morgan fingerprint density at radius 2 is 2.31 bits per heavy atom. The summed E-state index contributed by atoms with van der Waals surface area (Å²) in [5.41, 5.74) is 5.52. The Labute approximate surface area is 91.4 Å². The van der Waals surface area contributed by atoms with Gasteiger partial charge in [-0.1, -0.05) is 12.2 Å². The molecule has 0 aliphatic carbocycles. The number of halogens is 1. The van der Waals surface area contributed by atoms with Gasteiger partial charge in [-0.05, 0) is 12.1 Å². The number of hydrogen-bond donors (Lipinski definition) is 2. The van der Waals surface area contributed by atoms with Gasteiger partial charge in [0.25, 0.3) is 0 Å². The molecule has 82 valence electrons. The predicted molar refractivity (Wildman–Crippen MR) is 57.0 cm³/mol. The Balaban J connectivity index is 3.20. The van der Waals surface area contributed by atoms with Gasteiger partial charge in [0.15, 0.2) is 0 Å². The SMILES string of the molecule is N#CCC=Cc1cc(F)cc(C(=O)O)c1N. The van der Waals surface area contributed by atoms with Gasteiger partial charge in [-0.2, -0.15) is 5.26 Å². The Hall–Kier alpha value is -2.35. The van der Waals surface area contributed by atoms with Crippen molar-refractivity contribution in [2.45, 2.75) is 6.42 Å². The van der Waals surface area contributed by atoms with Gasteiger partial charge in [-0.25, -0.2) is 9.18 Å². The van der Waals surface area contributed by atoms with E-state index >= 15 is 0 Å². The molecule has 1 aromatic carbocycles. The first kappa shape index (κ1) is 11.7. The molecule has 16 heavy (non-hydrogen) atoms. The lowest BCUT2D eigenvalue weighted by Crippen LogP contribution is -2.05. The number of anilines is 1. The van der Waals surface area contributed by atoms with Crippen LogP contribution in [0.2, 0.25) is 0 Å². The molecule has 0 amide bonds. The first-order chi connectivity index (χ1) is 7.56. The third kappa shape index (κ3) is 2.58. The van der Waals surface area contributed by atoms with Crippen LogP contribution < -0.4 is 5.73 Å². The quantitative estimate of drug-likeness (QED) is 0.763. The van der Waals surface area contributed by atoms with Gasteiger partial charge in [0.1, 0.15) is 5.82 Å². The Morgan fingerprint density at radius 1 is 1.62 bits per heavy atom. The summed E-state index contributed by atoms with van der Waals surface area (Å²) in [6.45, 7) is 0. The molecule has 0 aromatic heterocycles. The third-order valence-electron chi connectivity index (χ3n) is 1.91. The minimum atomic E-state index is -1.29. The fourth-order valence-electron chi connectivity index (χ4n) is 1.19. The first-order valence-electron chi connectivity index (χ1n) is 4.42. The summed E-state index contributed by atoms with van der Waals surface area (Å²) >= 11 is 0. The zero-order valence-electron chi connectivity index (χ0n) is 8.27. The van der Waals surface area contributed by atoms with Gasteiger partial charge in [-0.15, -0.1) is 0 Å². The lowest BCUT2D eigenvalue weighted by Gasteiger charge is -2.05. The molecule has 4 nitrogen and oxygen atoms in total. The Morgan fingerprint density at radius 3 is 2.88 bits per heavy atom. The standard InChI is InChI=1S/C11H9FN2O2/c12-8-5-7(3-1-2-4-13)10(14)9(6-8)11(15)16/h1,3,5-6H,2,14H2,(H,15,16). The molecule has 0 spiro atoms. The highest BCUT2D eigenvalue weighted by Gasteiger charge is 2.12. The summed E-state index contributed by atoms with van der Waals surface area (Å²) < 4.78 is 13.1. The van der Waals surface area contributed by atoms with Crippen LogP contribution in [0.4, 0.5) is 10.1 Å². The smallest absolute Gasteiger partial charge is 0.337 e. The van der Waals surface area contributed by atoms with E-state index in [9.17, 15) is 9.18 Å². The van der Waals surface area contributed by atoms with Gasteiger partial charge >= 0.3 is 5.97 Å². The van der Waals surface area contributed by atoms with Crippen LogP contribution in [-0.4, -0.2) is 11.1 Å². The maximum atomic E-state index is 13.1. The highest BCUT2D eigenvalue weighted by atomic mass is 19.1. The van der Waals surface area contributed by atoms with E-state index in [2.05, 4.69) is 0 Å². The van der Waals surface area contributed by atoms with Crippen molar-refractivity contribution < 1.29 is 14.3 Å². The van der Waals surface area contributed by atoms with E-state index in [-0.39, 0.29) is 23.2 Å². The summed E-state index contributed by atoms with van der Waals surface area (Å²) in [5, 5.41) is 17.1. The molecular weight excluding hydrogens is 211 g/mol. The number of rotatable bonds is 3. The molecular formula is C11H9FN2O2. The molecule has 1 rings (SSSR count). The summed E-state index contributed by atoms with van der Waals surface area (Å²) in [7, 11) is 0. The average Bonchev–Trinajstić information content (AvgIpc) is 2.22. The fourth-order valence-corrected chi connectivity index (χ4v) is 1.19. The van der Waals surface area contributed by atoms with Crippen molar-refractivity contribution in [2.24, 2.45) is 0 Å². The molecule has 0 unspecified atom stereocenters. The van der Waals surface area contributed by atoms with E-state index in [0.717, 1.165) is 12.1 Å². The summed E-state index contributed by atoms with van der Waals surface area (Å²) in [6, 6.07) is 3.85. The highest BCUT2D eigenvalue weighted by molar-refractivity contribution is 5.95. The van der Waals surface area contributed by atoms with Crippen molar-refractivity contribution in [3.8, 4) is 6.07 Å². The second-order valence-electron chi connectivity index (χ2n) is 3.03. The van der Waals surface area contributed by atoms with E-state index in [0.29, 0.717) is 0 Å². The summed E-state index contributed by atoms with van der Waals surface area (Å²) in [4.78, 5) is 10.7. The number of carboxylic acid groups (broad SMARTS) is 1. The van der Waals surface area contributed by atoms with Crippen LogP contribution in [0.15, 0.2) is 18.2 Å². The van der Waals surface area contributed by atoms with Crippen LogP contribution in [0.5, 0.6) is 0 Å². The lowest BCUT2D eigenvalue weighted by molar-refractivity contribution is 0.0697. The number of carbonyl (C=O) groups is 1. The average molecular weight is 220 g/mol. The van der Waals surface area contributed by atoms with Crippen LogP contribution in [0, 0.1) is 17.1 Å². The van der Waals surface area contributed by atoms with Crippen molar-refractivity contribution in [1.82, 2.24) is 0 Å². The number of nitrogens with two attached hydrogens (primary N) is 1. The second kappa shape index (κ2) is 4.94. The largest absolute Gasteiger partial charge is 0.478 e. The maximum Gasteiger partial charge on any atom is 0.337 e. The van der Waals surface area contributed by atoms with Crippen molar-refractivity contribution >= 4 is 17.7 Å². The fraction of sp³-hybridized carbons (Fsp3) is 0.0909. The van der Waals surface area contributed by atoms with Crippen LogP contribution in [0.1, 0.15) is 22.3 Å². The summed E-state index contributed by atoms with van der Waals surface area (Å²) in [6.07, 6.45) is 3.06. The number of nitrogens with zero attached hydrogens (tertiary/aromatic N) is 1. The van der Waals surface area contributed by atoms with Crippen LogP contribution in [-0.2, 0) is 0 Å². The molecule has 1 aromatic rings. The first-order valence-corrected chi connectivity index (χ1v) is 4.42. The lowest BCUT2D eigenvalue weighted by atomic mass is 10.1. The minimum Gasteiger partial charge on any atom is -0.478 e. The normalized spacial score (nSPS) is 10.2. The molecule has 0 saturated heterocycles. The molecule has 5 heteroatoms. The van der Waals surface area contributed by atoms with E-state index in [1.54, 1.807) is 0 Å². The number of nitrogen functional groups attached to an aromatic ring is 1. The molecule has 3 N–H and O–H groups in total. The maximum absolute atomic E-state index is 13.1. The molecule has 0 bridgehead atoms. The van der Waals surface area contributed by atoms with Crippen LogP contribution in [0.3, 0.4) is 0 Å². The zero-order chi connectivity index (χ0) is 12.1. The number of benzene rings is 1. The van der Waals surface area contributed by atoms with Crippen molar-refractivity contribution in [2.75, 3.05) is 5.73 Å². The van der Waals surface area contributed by atoms with Crippen LogP contribution in [0.25, 0.3) is 6.08 Å². The molecule has 0 saturated carbocycles. The Kier molecular flexibility index (Phi) is 3.62. The number of carboxylic acids is 1. The topological polar surface area (TPSA) is 87.1 Å². The minimum absolute atomic E-state index is 0.0110.